The van der Waals surface area contributed by atoms with Crippen LogP contribution in [0, 0.1) is 0 Å². The Kier molecular flexibility index (Phi) is 2.14. The van der Waals surface area contributed by atoms with Crippen molar-refractivity contribution < 1.29 is 0 Å². The summed E-state index contributed by atoms with van der Waals surface area (Å²) in [7, 11) is 5.20. The van der Waals surface area contributed by atoms with Gasteiger partial charge < -0.3 is 5.73 Å². The second-order valence-electron chi connectivity index (χ2n) is 1.15. The molecule has 7 heavy (non-hydrogen) atoms. The summed E-state index contributed by atoms with van der Waals surface area (Å²) in [6.45, 7) is 0.651. The lowest BCUT2D eigenvalue weighted by Gasteiger charge is -2.31. The summed E-state index contributed by atoms with van der Waals surface area (Å²) >= 11 is 4.25. The second-order valence-corrected chi connectivity index (χ2v) is 7.27. The molecule has 1 rings (SSSR count). The molecule has 1 saturated heterocycles. The molecule has 0 saturated carbocycles. The fourth-order valence-corrected chi connectivity index (χ4v) is 5.29. The Bertz CT molecular complexity index is 64.6. The van der Waals surface area contributed by atoms with Gasteiger partial charge in [0, 0.05) is 6.54 Å². The number of hydrogen-bond acceptors (Lipinski definition) is 5. The largest absolute Gasteiger partial charge is 0.328 e. The smallest absolute Gasteiger partial charge is 0.138 e. The molecule has 0 atom stereocenters. The molecule has 0 aromatic rings. The Morgan fingerprint density at radius 1 is 1.57 bits per heavy atom. The van der Waals surface area contributed by atoms with E-state index in [1.807, 2.05) is 0 Å². The van der Waals surface area contributed by atoms with Crippen LogP contribution in [0.1, 0.15) is 0 Å². The summed E-state index contributed by atoms with van der Waals surface area (Å²) in [5.74, 6) is 0. The summed E-state index contributed by atoms with van der Waals surface area (Å²) in [5, 5.41) is 0. The van der Waals surface area contributed by atoms with E-state index in [2.05, 4.69) is 12.6 Å². The normalized spacial score (nSPS) is 26.6. The number of thiol groups is 1. The van der Waals surface area contributed by atoms with Crippen LogP contribution in [0.15, 0.2) is 0 Å². The van der Waals surface area contributed by atoms with E-state index >= 15 is 0 Å². The van der Waals surface area contributed by atoms with E-state index in [0.717, 1.165) is 0 Å². The molecule has 0 aromatic heterocycles. The molecule has 42 valence electrons. The van der Waals surface area contributed by atoms with Crippen molar-refractivity contribution in [1.82, 2.24) is 0 Å². The third kappa shape index (κ3) is 1.38. The fraction of sp³-hybridized carbons (Fsp3) is 1.00. The highest BCUT2D eigenvalue weighted by molar-refractivity contribution is 9.19. The highest BCUT2D eigenvalue weighted by atomic mass is 33.5. The highest BCUT2D eigenvalue weighted by Crippen LogP contribution is 2.66. The molecule has 0 amide bonds. The number of nitrogens with two attached hydrogens (primary N) is 1. The van der Waals surface area contributed by atoms with Crippen molar-refractivity contribution in [3.63, 3.8) is 0 Å². The molecule has 0 bridgehead atoms. The zero-order valence-electron chi connectivity index (χ0n) is 3.46. The molecule has 5 heteroatoms. The maximum Gasteiger partial charge on any atom is 0.138 e. The van der Waals surface area contributed by atoms with Gasteiger partial charge in [-0.2, -0.15) is 0 Å². The van der Waals surface area contributed by atoms with E-state index in [1.165, 1.54) is 0 Å². The summed E-state index contributed by atoms with van der Waals surface area (Å²) in [5.41, 5.74) is 5.34. The molecular weight excluding hydrogens is 166 g/mol. The van der Waals surface area contributed by atoms with Gasteiger partial charge in [-0.3, -0.25) is 0 Å². The van der Waals surface area contributed by atoms with Crippen molar-refractivity contribution in [1.29, 1.82) is 0 Å². The van der Waals surface area contributed by atoms with Gasteiger partial charge in [0.2, 0.25) is 0 Å². The molecule has 0 radical (unpaired) electrons. The van der Waals surface area contributed by atoms with Crippen LogP contribution in [0.25, 0.3) is 0 Å². The van der Waals surface area contributed by atoms with Crippen LogP contribution in [-0.4, -0.2) is 9.96 Å². The first-order valence-electron chi connectivity index (χ1n) is 1.73. The van der Waals surface area contributed by atoms with Crippen LogP contribution < -0.4 is 5.73 Å². The Balaban J connectivity index is 2.29. The maximum absolute atomic E-state index is 5.34. The van der Waals surface area contributed by atoms with E-state index in [9.17, 15) is 0 Å². The molecule has 1 aliphatic rings. The van der Waals surface area contributed by atoms with Gasteiger partial charge >= 0.3 is 0 Å². The van der Waals surface area contributed by atoms with Crippen LogP contribution in [0.5, 0.6) is 0 Å². The van der Waals surface area contributed by atoms with Gasteiger partial charge in [-0.15, -0.1) is 12.6 Å². The van der Waals surface area contributed by atoms with E-state index in [1.54, 1.807) is 31.4 Å². The fourth-order valence-electron chi connectivity index (χ4n) is 0.181. The summed E-state index contributed by atoms with van der Waals surface area (Å²) in [6.07, 6.45) is 0. The minimum atomic E-state index is 0.0324. The number of hydrogen-bond donors (Lipinski definition) is 2. The second kappa shape index (κ2) is 2.31. The van der Waals surface area contributed by atoms with Crippen LogP contribution >= 0.6 is 44.0 Å². The van der Waals surface area contributed by atoms with Gasteiger partial charge in [-0.1, -0.05) is 21.6 Å². The first-order valence-corrected chi connectivity index (χ1v) is 5.66. The summed E-state index contributed by atoms with van der Waals surface area (Å²) < 4.78 is 0.0324. The molecular formula is C2H5NS4. The highest BCUT2D eigenvalue weighted by Gasteiger charge is 2.35. The van der Waals surface area contributed by atoms with E-state index < -0.39 is 0 Å². The Hall–Kier alpha value is 1.36. The average molecular weight is 171 g/mol. The van der Waals surface area contributed by atoms with Crippen molar-refractivity contribution >= 4 is 44.0 Å². The molecule has 0 aromatic carbocycles. The molecule has 0 unspecified atom stereocenters. The first-order chi connectivity index (χ1) is 3.27. The Labute approximate surface area is 59.8 Å². The molecule has 2 N–H and O–H groups in total. The predicted molar refractivity (Wildman–Crippen MR) is 43.5 cm³/mol. The minimum Gasteiger partial charge on any atom is -0.328 e. The van der Waals surface area contributed by atoms with Crippen LogP contribution in [0.3, 0.4) is 0 Å². The molecule has 1 fully saturated rings. The van der Waals surface area contributed by atoms with Gasteiger partial charge in [0.1, 0.15) is 3.41 Å². The molecule has 0 spiro atoms. The van der Waals surface area contributed by atoms with Crippen molar-refractivity contribution in [2.45, 2.75) is 3.41 Å². The summed E-state index contributed by atoms with van der Waals surface area (Å²) in [4.78, 5) is 0. The lowest BCUT2D eigenvalue weighted by atomic mass is 10.8. The molecule has 1 nitrogen and oxygen atoms in total. The predicted octanol–water partition coefficient (Wildman–Crippen LogP) is 1.57. The zero-order chi connectivity index (χ0) is 5.33. The summed E-state index contributed by atoms with van der Waals surface area (Å²) in [6, 6.07) is 0. The monoisotopic (exact) mass is 171 g/mol. The van der Waals surface area contributed by atoms with Gasteiger partial charge in [-0.25, -0.2) is 0 Å². The third-order valence-corrected chi connectivity index (χ3v) is 7.52. The van der Waals surface area contributed by atoms with Gasteiger partial charge in [0.15, 0.2) is 0 Å². The van der Waals surface area contributed by atoms with E-state index in [-0.39, 0.29) is 3.41 Å². The standard InChI is InChI=1S/C2H5NS4/c3-1-2(4)5-7-6-2/h4H,1,3H2. The van der Waals surface area contributed by atoms with E-state index in [0.29, 0.717) is 6.54 Å². The zero-order valence-corrected chi connectivity index (χ0v) is 6.80. The Morgan fingerprint density at radius 2 is 2.14 bits per heavy atom. The minimum absolute atomic E-state index is 0.0324. The average Bonchev–Trinajstić information content (AvgIpc) is 1.61. The van der Waals surface area contributed by atoms with Gasteiger partial charge in [0.05, 0.1) is 0 Å². The lowest BCUT2D eigenvalue weighted by Crippen LogP contribution is -2.25. The molecule has 1 heterocycles. The van der Waals surface area contributed by atoms with Crippen LogP contribution in [0.4, 0.5) is 0 Å². The third-order valence-electron chi connectivity index (χ3n) is 0.586. The lowest BCUT2D eigenvalue weighted by molar-refractivity contribution is 1.07. The maximum atomic E-state index is 5.34. The molecule has 0 aliphatic carbocycles. The van der Waals surface area contributed by atoms with Crippen LogP contribution in [0.2, 0.25) is 0 Å². The van der Waals surface area contributed by atoms with Gasteiger partial charge in [0.25, 0.3) is 0 Å². The van der Waals surface area contributed by atoms with Crippen molar-refractivity contribution in [2.75, 3.05) is 6.54 Å². The first kappa shape index (κ1) is 6.48. The van der Waals surface area contributed by atoms with Crippen molar-refractivity contribution in [2.24, 2.45) is 5.73 Å². The van der Waals surface area contributed by atoms with Crippen molar-refractivity contribution in [3.05, 3.63) is 0 Å². The quantitative estimate of drug-likeness (QED) is 0.462. The number of rotatable bonds is 1. The SMILES string of the molecule is NCC1(S)SSS1. The van der Waals surface area contributed by atoms with E-state index in [4.69, 9.17) is 5.73 Å². The molecule has 1 aliphatic heterocycles. The topological polar surface area (TPSA) is 26.0 Å². The Morgan fingerprint density at radius 3 is 2.14 bits per heavy atom. The van der Waals surface area contributed by atoms with Crippen LogP contribution in [-0.2, 0) is 0 Å². The van der Waals surface area contributed by atoms with Crippen molar-refractivity contribution in [3.8, 4) is 0 Å². The van der Waals surface area contributed by atoms with Gasteiger partial charge in [-0.05, 0) is 9.83 Å².